The zero-order chi connectivity index (χ0) is 19.9. The summed E-state index contributed by atoms with van der Waals surface area (Å²) in [5, 5.41) is 10.2. The highest BCUT2D eigenvalue weighted by atomic mass is 16.6. The Kier molecular flexibility index (Phi) is 4.23. The van der Waals surface area contributed by atoms with Gasteiger partial charge in [-0.1, -0.05) is 13.8 Å². The van der Waals surface area contributed by atoms with Crippen molar-refractivity contribution in [3.63, 3.8) is 0 Å². The zero-order valence-corrected chi connectivity index (χ0v) is 17.4. The minimum absolute atomic E-state index is 0.00411. The summed E-state index contributed by atoms with van der Waals surface area (Å²) in [6.45, 7) is 6.42. The Balaban J connectivity index is 1.51. The van der Waals surface area contributed by atoms with E-state index in [9.17, 15) is 14.7 Å². The summed E-state index contributed by atoms with van der Waals surface area (Å²) < 4.78 is 11.7. The number of Topliss-reactive ketones (excluding diaryl/α,β-unsaturated/α-hetero) is 2. The van der Waals surface area contributed by atoms with Crippen molar-refractivity contribution in [1.82, 2.24) is 0 Å². The van der Waals surface area contributed by atoms with Crippen LogP contribution in [0.5, 0.6) is 0 Å². The number of ketones is 2. The molecular formula is C22H33BO5. The molecule has 1 aliphatic heterocycles. The molecule has 4 saturated carbocycles. The van der Waals surface area contributed by atoms with E-state index in [4.69, 9.17) is 9.31 Å². The number of aliphatic hydroxyl groups excluding tert-OH is 1. The summed E-state index contributed by atoms with van der Waals surface area (Å²) in [6, 6.07) is 0. The SMILES string of the molecule is CB1OCC(=O)C2(CCC3C4CCC5CC(O)CCC5(C)C4C(=O)CC32C)O1. The Bertz CT molecular complexity index is 711. The summed E-state index contributed by atoms with van der Waals surface area (Å²) in [7, 11) is -0.394. The number of hydrogen-bond acceptors (Lipinski definition) is 5. The van der Waals surface area contributed by atoms with Crippen LogP contribution in [0.3, 0.4) is 0 Å². The normalized spacial score (nSPS) is 53.7. The molecule has 8 atom stereocenters. The predicted molar refractivity (Wildman–Crippen MR) is 105 cm³/mol. The van der Waals surface area contributed by atoms with Crippen LogP contribution in [-0.4, -0.2) is 42.1 Å². The Morgan fingerprint density at radius 3 is 2.68 bits per heavy atom. The number of carbonyl (C=O) groups excluding carboxylic acids is 2. The molecule has 5 rings (SSSR count). The Morgan fingerprint density at radius 1 is 1.11 bits per heavy atom. The van der Waals surface area contributed by atoms with Crippen LogP contribution < -0.4 is 0 Å². The number of rotatable bonds is 0. The van der Waals surface area contributed by atoms with Crippen molar-refractivity contribution in [3.8, 4) is 0 Å². The third-order valence-corrected chi connectivity index (χ3v) is 9.71. The number of carbonyl (C=O) groups is 2. The van der Waals surface area contributed by atoms with Gasteiger partial charge in [-0.15, -0.1) is 0 Å². The van der Waals surface area contributed by atoms with Gasteiger partial charge in [0.1, 0.15) is 11.4 Å². The van der Waals surface area contributed by atoms with Crippen molar-refractivity contribution in [2.75, 3.05) is 6.61 Å². The molecule has 8 unspecified atom stereocenters. The topological polar surface area (TPSA) is 72.8 Å². The first kappa shape index (κ1) is 19.3. The van der Waals surface area contributed by atoms with Crippen LogP contribution in [0.1, 0.15) is 65.2 Å². The summed E-state index contributed by atoms with van der Waals surface area (Å²) in [4.78, 5) is 26.7. The smallest absolute Gasteiger partial charge is 0.404 e. The molecule has 0 radical (unpaired) electrons. The monoisotopic (exact) mass is 388 g/mol. The van der Waals surface area contributed by atoms with Gasteiger partial charge >= 0.3 is 7.12 Å². The van der Waals surface area contributed by atoms with Gasteiger partial charge in [-0.2, -0.15) is 0 Å². The third kappa shape index (κ3) is 2.31. The lowest BCUT2D eigenvalue weighted by atomic mass is 9.43. The fourth-order valence-corrected chi connectivity index (χ4v) is 8.38. The molecule has 0 bridgehead atoms. The van der Waals surface area contributed by atoms with Crippen LogP contribution in [-0.2, 0) is 18.9 Å². The van der Waals surface area contributed by atoms with Crippen LogP contribution in [0.2, 0.25) is 6.82 Å². The lowest BCUT2D eigenvalue weighted by Crippen LogP contribution is -2.65. The molecule has 1 saturated heterocycles. The van der Waals surface area contributed by atoms with E-state index >= 15 is 0 Å². The third-order valence-electron chi connectivity index (χ3n) is 9.71. The minimum Gasteiger partial charge on any atom is -0.404 e. The fourth-order valence-electron chi connectivity index (χ4n) is 8.38. The van der Waals surface area contributed by atoms with E-state index in [0.717, 1.165) is 44.9 Å². The lowest BCUT2D eigenvalue weighted by Gasteiger charge is -2.61. The second-order valence-electron chi connectivity index (χ2n) is 10.8. The van der Waals surface area contributed by atoms with Gasteiger partial charge in [0, 0.05) is 17.8 Å². The second kappa shape index (κ2) is 6.15. The molecule has 1 spiro atoms. The summed E-state index contributed by atoms with van der Waals surface area (Å²) in [5.41, 5.74) is -1.27. The molecule has 0 aromatic carbocycles. The maximum absolute atomic E-state index is 13.7. The molecule has 0 aromatic heterocycles. The van der Waals surface area contributed by atoms with Gasteiger partial charge in [-0.3, -0.25) is 9.59 Å². The second-order valence-corrected chi connectivity index (χ2v) is 10.8. The highest BCUT2D eigenvalue weighted by Crippen LogP contribution is 2.68. The highest BCUT2D eigenvalue weighted by Gasteiger charge is 2.70. The number of fused-ring (bicyclic) bond motifs is 6. The van der Waals surface area contributed by atoms with E-state index in [0.29, 0.717) is 30.0 Å². The molecule has 1 N–H and O–H groups in total. The summed E-state index contributed by atoms with van der Waals surface area (Å²) in [6.07, 6.45) is 6.66. The molecule has 1 heterocycles. The molecule has 4 aliphatic carbocycles. The molecule has 5 nitrogen and oxygen atoms in total. The first-order valence-electron chi connectivity index (χ1n) is 11.2. The number of aliphatic hydroxyl groups is 1. The summed E-state index contributed by atoms with van der Waals surface area (Å²) >= 11 is 0. The van der Waals surface area contributed by atoms with Gasteiger partial charge in [0.2, 0.25) is 0 Å². The first-order valence-corrected chi connectivity index (χ1v) is 11.2. The van der Waals surface area contributed by atoms with E-state index in [-0.39, 0.29) is 29.8 Å². The van der Waals surface area contributed by atoms with Crippen LogP contribution in [0.4, 0.5) is 0 Å². The molecule has 5 fully saturated rings. The molecule has 28 heavy (non-hydrogen) atoms. The van der Waals surface area contributed by atoms with E-state index in [1.807, 2.05) is 6.82 Å². The van der Waals surface area contributed by atoms with Crippen LogP contribution in [0.25, 0.3) is 0 Å². The average Bonchev–Trinajstić information content (AvgIpc) is 2.91. The zero-order valence-electron chi connectivity index (χ0n) is 17.4. The predicted octanol–water partition coefficient (Wildman–Crippen LogP) is 3.04. The van der Waals surface area contributed by atoms with Crippen molar-refractivity contribution in [3.05, 3.63) is 0 Å². The Morgan fingerprint density at radius 2 is 1.89 bits per heavy atom. The molecule has 5 aliphatic rings. The van der Waals surface area contributed by atoms with Gasteiger partial charge in [0.15, 0.2) is 5.78 Å². The largest absolute Gasteiger partial charge is 0.454 e. The molecule has 6 heteroatoms. The van der Waals surface area contributed by atoms with Gasteiger partial charge in [-0.05, 0) is 74.9 Å². The maximum Gasteiger partial charge on any atom is 0.454 e. The molecular weight excluding hydrogens is 355 g/mol. The highest BCUT2D eigenvalue weighted by molar-refractivity contribution is 6.44. The quantitative estimate of drug-likeness (QED) is 0.646. The van der Waals surface area contributed by atoms with E-state index in [2.05, 4.69) is 13.8 Å². The van der Waals surface area contributed by atoms with Gasteiger partial charge in [0.05, 0.1) is 12.7 Å². The van der Waals surface area contributed by atoms with Crippen molar-refractivity contribution >= 4 is 18.7 Å². The van der Waals surface area contributed by atoms with Gasteiger partial charge in [0.25, 0.3) is 0 Å². The van der Waals surface area contributed by atoms with Gasteiger partial charge < -0.3 is 14.4 Å². The Hall–Kier alpha value is -0.715. The molecule has 154 valence electrons. The van der Waals surface area contributed by atoms with Crippen molar-refractivity contribution in [1.29, 1.82) is 0 Å². The van der Waals surface area contributed by atoms with Crippen molar-refractivity contribution < 1.29 is 24.0 Å². The van der Waals surface area contributed by atoms with Crippen LogP contribution in [0, 0.1) is 34.5 Å². The molecule has 0 amide bonds. The average molecular weight is 388 g/mol. The minimum atomic E-state index is -0.851. The Labute approximate surface area is 168 Å². The van der Waals surface area contributed by atoms with Crippen molar-refractivity contribution in [2.45, 2.75) is 83.7 Å². The summed E-state index contributed by atoms with van der Waals surface area (Å²) in [5.74, 6) is 1.60. The fraction of sp³-hybridized carbons (Fsp3) is 0.909. The standard InChI is InChI=1S/C22H33BO5/c1-20-8-6-14(24)10-13(20)4-5-15-16-7-9-22(18(26)12-27-23(3)28-22)21(16,2)11-17(25)19(15)20/h13-16,19,24H,4-12H2,1-3H3. The van der Waals surface area contributed by atoms with E-state index < -0.39 is 18.1 Å². The van der Waals surface area contributed by atoms with E-state index in [1.165, 1.54) is 0 Å². The molecule has 0 aromatic rings. The van der Waals surface area contributed by atoms with Crippen LogP contribution in [0.15, 0.2) is 0 Å². The number of hydrogen-bond donors (Lipinski definition) is 1. The van der Waals surface area contributed by atoms with E-state index in [1.54, 1.807) is 0 Å². The maximum atomic E-state index is 13.7. The lowest BCUT2D eigenvalue weighted by molar-refractivity contribution is -0.182. The first-order chi connectivity index (χ1) is 13.2. The van der Waals surface area contributed by atoms with Crippen molar-refractivity contribution in [2.24, 2.45) is 34.5 Å². The van der Waals surface area contributed by atoms with Gasteiger partial charge in [-0.25, -0.2) is 0 Å². The van der Waals surface area contributed by atoms with Crippen LogP contribution >= 0.6 is 0 Å².